The Labute approximate surface area is 97.5 Å². The van der Waals surface area contributed by atoms with Gasteiger partial charge in [0.05, 0.1) is 6.26 Å². The van der Waals surface area contributed by atoms with E-state index in [2.05, 4.69) is 13.8 Å². The summed E-state index contributed by atoms with van der Waals surface area (Å²) in [6.07, 6.45) is 5.04. The molecule has 1 rings (SSSR count). The van der Waals surface area contributed by atoms with Gasteiger partial charge in [0.1, 0.15) is 5.76 Å². The van der Waals surface area contributed by atoms with E-state index in [1.54, 1.807) is 6.26 Å². The van der Waals surface area contributed by atoms with E-state index in [9.17, 15) is 4.79 Å². The molecule has 1 heterocycles. The van der Waals surface area contributed by atoms with Crippen molar-refractivity contribution < 1.29 is 14.3 Å². The average Bonchev–Trinajstić information content (AvgIpc) is 2.67. The van der Waals surface area contributed by atoms with Crippen LogP contribution < -0.4 is 0 Å². The van der Waals surface area contributed by atoms with Gasteiger partial charge in [-0.15, -0.1) is 0 Å². The van der Waals surface area contributed by atoms with Gasteiger partial charge in [0.25, 0.3) is 0 Å². The van der Waals surface area contributed by atoms with Crippen LogP contribution in [0.2, 0.25) is 0 Å². The van der Waals surface area contributed by atoms with E-state index in [0.717, 1.165) is 24.5 Å². The highest BCUT2D eigenvalue weighted by molar-refractivity contribution is 5.66. The molecule has 0 fully saturated rings. The maximum Gasteiger partial charge on any atom is 0.303 e. The summed E-state index contributed by atoms with van der Waals surface area (Å²) in [5, 5.41) is 7.91. The molecule has 0 spiro atoms. The molecule has 0 bridgehead atoms. The van der Waals surface area contributed by atoms with E-state index in [1.807, 2.05) is 19.1 Å². The molecule has 0 radical (unpaired) electrons. The summed E-state index contributed by atoms with van der Waals surface area (Å²) in [7, 11) is 0. The van der Waals surface area contributed by atoms with Crippen molar-refractivity contribution in [1.82, 2.24) is 0 Å². The summed E-state index contributed by atoms with van der Waals surface area (Å²) < 4.78 is 5.18. The topological polar surface area (TPSA) is 50.4 Å². The molecule has 1 N–H and O–H groups in total. The molecule has 0 aliphatic rings. The van der Waals surface area contributed by atoms with Gasteiger partial charge in [0, 0.05) is 12.8 Å². The second kappa shape index (κ2) is 9.01. The number of carbonyl (C=O) groups is 1. The minimum Gasteiger partial charge on any atom is -0.481 e. The van der Waals surface area contributed by atoms with Crippen molar-refractivity contribution in [2.45, 2.75) is 46.5 Å². The first-order chi connectivity index (χ1) is 7.56. The van der Waals surface area contributed by atoms with Crippen molar-refractivity contribution >= 4 is 5.97 Å². The number of aliphatic carboxylic acids is 1. The fourth-order valence-corrected chi connectivity index (χ4v) is 1.10. The molecule has 0 atom stereocenters. The molecular weight excluding hydrogens is 204 g/mol. The monoisotopic (exact) mass is 226 g/mol. The second-order valence-corrected chi connectivity index (χ2v) is 4.16. The normalized spacial score (nSPS) is 9.75. The predicted octanol–water partition coefficient (Wildman–Crippen LogP) is 3.74. The zero-order valence-electron chi connectivity index (χ0n) is 10.4. The van der Waals surface area contributed by atoms with E-state index < -0.39 is 5.97 Å². The number of aryl methyl sites for hydroxylation is 1. The van der Waals surface area contributed by atoms with Crippen LogP contribution in [0.25, 0.3) is 0 Å². The van der Waals surface area contributed by atoms with E-state index in [-0.39, 0.29) is 0 Å². The quantitative estimate of drug-likeness (QED) is 0.832. The van der Waals surface area contributed by atoms with Crippen LogP contribution in [0, 0.1) is 5.92 Å². The van der Waals surface area contributed by atoms with Gasteiger partial charge >= 0.3 is 5.97 Å². The fraction of sp³-hybridized carbons (Fsp3) is 0.615. The lowest BCUT2D eigenvalue weighted by Gasteiger charge is -1.99. The van der Waals surface area contributed by atoms with Crippen molar-refractivity contribution in [3.8, 4) is 0 Å². The molecule has 92 valence electrons. The number of furan rings is 1. The molecule has 0 aliphatic carbocycles. The third-order valence-electron chi connectivity index (χ3n) is 2.01. The smallest absolute Gasteiger partial charge is 0.303 e. The van der Waals surface area contributed by atoms with E-state index >= 15 is 0 Å². The molecule has 0 amide bonds. The third kappa shape index (κ3) is 9.31. The first-order valence-corrected chi connectivity index (χ1v) is 5.80. The number of rotatable bonds is 5. The van der Waals surface area contributed by atoms with E-state index in [0.29, 0.717) is 6.42 Å². The maximum atomic E-state index is 9.60. The van der Waals surface area contributed by atoms with Gasteiger partial charge in [0.2, 0.25) is 0 Å². The molecule has 0 aromatic carbocycles. The van der Waals surface area contributed by atoms with E-state index in [1.165, 1.54) is 6.42 Å². The van der Waals surface area contributed by atoms with Crippen LogP contribution in [0.3, 0.4) is 0 Å². The van der Waals surface area contributed by atoms with E-state index in [4.69, 9.17) is 9.52 Å². The summed E-state index contributed by atoms with van der Waals surface area (Å²) in [5.74, 6) is 1.16. The maximum absolute atomic E-state index is 9.60. The molecule has 16 heavy (non-hydrogen) atoms. The number of carboxylic acids is 1. The van der Waals surface area contributed by atoms with Gasteiger partial charge in [-0.2, -0.15) is 0 Å². The zero-order chi connectivity index (χ0) is 12.4. The lowest BCUT2D eigenvalue weighted by molar-refractivity contribution is -0.137. The highest BCUT2D eigenvalue weighted by Gasteiger charge is 1.97. The summed E-state index contributed by atoms with van der Waals surface area (Å²) in [5.41, 5.74) is 0. The fourth-order valence-electron chi connectivity index (χ4n) is 1.10. The largest absolute Gasteiger partial charge is 0.481 e. The summed E-state index contributed by atoms with van der Waals surface area (Å²) in [4.78, 5) is 9.60. The molecule has 0 aliphatic heterocycles. The van der Waals surface area contributed by atoms with Crippen LogP contribution in [0.15, 0.2) is 22.8 Å². The molecule has 1 aromatic heterocycles. The standard InChI is InChI=1S/C9H14O.C4H8O2/c1-8(2)5-6-9-4-3-7-10-9;1-2-3-4(5)6/h3-4,7-8H,5-6H2,1-2H3;2-3H2,1H3,(H,5,6). The predicted molar refractivity (Wildman–Crippen MR) is 64.4 cm³/mol. The minimum atomic E-state index is -0.711. The van der Waals surface area contributed by atoms with Gasteiger partial charge in [-0.1, -0.05) is 20.8 Å². The highest BCUT2D eigenvalue weighted by Crippen LogP contribution is 2.08. The lowest BCUT2D eigenvalue weighted by atomic mass is 10.1. The Hall–Kier alpha value is -1.25. The Morgan fingerprint density at radius 2 is 2.19 bits per heavy atom. The van der Waals surface area contributed by atoms with Gasteiger partial charge in [-0.05, 0) is 30.9 Å². The van der Waals surface area contributed by atoms with Crippen molar-refractivity contribution in [1.29, 1.82) is 0 Å². The molecule has 3 heteroatoms. The molecule has 3 nitrogen and oxygen atoms in total. The van der Waals surface area contributed by atoms with Crippen molar-refractivity contribution in [2.24, 2.45) is 5.92 Å². The summed E-state index contributed by atoms with van der Waals surface area (Å²) in [6.45, 7) is 6.29. The van der Waals surface area contributed by atoms with Crippen LogP contribution in [-0.4, -0.2) is 11.1 Å². The Balaban J connectivity index is 0.000000325. The zero-order valence-corrected chi connectivity index (χ0v) is 10.4. The second-order valence-electron chi connectivity index (χ2n) is 4.16. The molecule has 0 saturated carbocycles. The van der Waals surface area contributed by atoms with Gasteiger partial charge in [-0.25, -0.2) is 0 Å². The van der Waals surface area contributed by atoms with Crippen molar-refractivity contribution in [3.05, 3.63) is 24.2 Å². The number of hydrogen-bond donors (Lipinski definition) is 1. The van der Waals surface area contributed by atoms with Crippen LogP contribution in [0.4, 0.5) is 0 Å². The Morgan fingerprint density at radius 3 is 2.50 bits per heavy atom. The average molecular weight is 226 g/mol. The minimum absolute atomic E-state index is 0.292. The van der Waals surface area contributed by atoms with Gasteiger partial charge < -0.3 is 9.52 Å². The summed E-state index contributed by atoms with van der Waals surface area (Å²) in [6, 6.07) is 3.97. The van der Waals surface area contributed by atoms with Crippen LogP contribution in [0.5, 0.6) is 0 Å². The van der Waals surface area contributed by atoms with Crippen LogP contribution in [0.1, 0.15) is 45.8 Å². The van der Waals surface area contributed by atoms with Gasteiger partial charge in [-0.3, -0.25) is 4.79 Å². The number of carboxylic acid groups (broad SMARTS) is 1. The Bertz CT molecular complexity index is 263. The van der Waals surface area contributed by atoms with Gasteiger partial charge in [0.15, 0.2) is 0 Å². The molecular formula is C13H22O3. The summed E-state index contributed by atoms with van der Waals surface area (Å²) >= 11 is 0. The molecule has 0 saturated heterocycles. The van der Waals surface area contributed by atoms with Crippen LogP contribution in [-0.2, 0) is 11.2 Å². The molecule has 0 unspecified atom stereocenters. The SMILES string of the molecule is CC(C)CCc1ccco1.CCCC(=O)O. The third-order valence-corrected chi connectivity index (χ3v) is 2.01. The van der Waals surface area contributed by atoms with Crippen molar-refractivity contribution in [3.63, 3.8) is 0 Å². The molecule has 1 aromatic rings. The first kappa shape index (κ1) is 14.8. The Morgan fingerprint density at radius 1 is 1.50 bits per heavy atom. The van der Waals surface area contributed by atoms with Crippen LogP contribution >= 0.6 is 0 Å². The highest BCUT2D eigenvalue weighted by atomic mass is 16.4. The lowest BCUT2D eigenvalue weighted by Crippen LogP contribution is -1.90. The first-order valence-electron chi connectivity index (χ1n) is 5.80. The number of hydrogen-bond acceptors (Lipinski definition) is 2. The van der Waals surface area contributed by atoms with Crippen molar-refractivity contribution in [2.75, 3.05) is 0 Å². The Kier molecular flexibility index (Phi) is 8.31.